The first-order valence-corrected chi connectivity index (χ1v) is 6.07. The number of carbonyl (C=O) groups excluding carboxylic acids is 2. The molecule has 0 radical (unpaired) electrons. The number of nitrogens with two attached hydrogens (primary N) is 1. The van der Waals surface area contributed by atoms with E-state index in [1.165, 1.54) is 4.90 Å². The molecule has 0 bridgehead atoms. The monoisotopic (exact) mass is 260 g/mol. The molecule has 0 aromatic rings. The molecule has 0 saturated heterocycles. The maximum atomic E-state index is 11.4. The van der Waals surface area contributed by atoms with Crippen LogP contribution in [0.3, 0.4) is 0 Å². The summed E-state index contributed by atoms with van der Waals surface area (Å²) in [5.41, 5.74) is 4.56. The normalized spacial score (nSPS) is 13.6. The van der Waals surface area contributed by atoms with Gasteiger partial charge in [-0.1, -0.05) is 26.7 Å². The molecule has 0 rings (SSSR count). The zero-order valence-corrected chi connectivity index (χ0v) is 11.7. The number of nitrogens with zero attached hydrogens (tertiary/aromatic N) is 1. The molecule has 0 aromatic heterocycles. The molecule has 1 unspecified atom stereocenters. The fraction of sp³-hybridized carbons (Fsp3) is 0.833. The Bertz CT molecular complexity index is 281. The van der Waals surface area contributed by atoms with E-state index < -0.39 is 17.6 Å². The molecule has 2 amide bonds. The predicted molar refractivity (Wildman–Crippen MR) is 68.2 cm³/mol. The molecule has 0 aliphatic carbocycles. The number of unbranched alkanes of at least 4 members (excludes halogenated alkanes) is 1. The zero-order valence-electron chi connectivity index (χ0n) is 11.7. The van der Waals surface area contributed by atoms with E-state index in [1.807, 2.05) is 6.92 Å². The van der Waals surface area contributed by atoms with E-state index in [0.717, 1.165) is 19.3 Å². The van der Waals surface area contributed by atoms with Crippen molar-refractivity contribution in [2.75, 3.05) is 27.3 Å². The maximum absolute atomic E-state index is 11.4. The Labute approximate surface area is 108 Å². The van der Waals surface area contributed by atoms with Crippen molar-refractivity contribution in [3.05, 3.63) is 0 Å². The third-order valence-corrected chi connectivity index (χ3v) is 2.61. The van der Waals surface area contributed by atoms with Crippen LogP contribution in [0.5, 0.6) is 0 Å². The standard InChI is InChI=1S/C12H24N2O4/c1-5-6-7-12(2,8-17-10(13)15)9-18-11(16)14(3)4/h5-9H2,1-4H3,(H2,13,15). The highest BCUT2D eigenvalue weighted by Gasteiger charge is 2.28. The molecule has 0 aromatic carbocycles. The van der Waals surface area contributed by atoms with Crippen molar-refractivity contribution < 1.29 is 19.1 Å². The molecule has 0 spiro atoms. The molecule has 1 atom stereocenters. The summed E-state index contributed by atoms with van der Waals surface area (Å²) in [5, 5.41) is 0. The molecule has 106 valence electrons. The van der Waals surface area contributed by atoms with Gasteiger partial charge in [0.25, 0.3) is 0 Å². The van der Waals surface area contributed by atoms with Crippen LogP contribution >= 0.6 is 0 Å². The van der Waals surface area contributed by atoms with Crippen LogP contribution in [0.2, 0.25) is 0 Å². The topological polar surface area (TPSA) is 81.9 Å². The Balaban J connectivity index is 4.36. The third kappa shape index (κ3) is 6.98. The minimum absolute atomic E-state index is 0.156. The van der Waals surface area contributed by atoms with E-state index in [2.05, 4.69) is 6.92 Å². The van der Waals surface area contributed by atoms with Crippen molar-refractivity contribution in [2.45, 2.75) is 33.1 Å². The van der Waals surface area contributed by atoms with E-state index in [9.17, 15) is 9.59 Å². The van der Waals surface area contributed by atoms with Crippen LogP contribution in [0.25, 0.3) is 0 Å². The molecule has 0 saturated carbocycles. The Morgan fingerprint density at radius 1 is 1.22 bits per heavy atom. The van der Waals surface area contributed by atoms with E-state index >= 15 is 0 Å². The number of carbonyl (C=O) groups is 2. The van der Waals surface area contributed by atoms with Gasteiger partial charge in [0, 0.05) is 19.5 Å². The lowest BCUT2D eigenvalue weighted by Crippen LogP contribution is -2.35. The summed E-state index contributed by atoms with van der Waals surface area (Å²) in [4.78, 5) is 23.4. The molecule has 6 heteroatoms. The third-order valence-electron chi connectivity index (χ3n) is 2.61. The fourth-order valence-corrected chi connectivity index (χ4v) is 1.40. The minimum Gasteiger partial charge on any atom is -0.449 e. The first-order chi connectivity index (χ1) is 8.30. The molecule has 0 heterocycles. The Kier molecular flexibility index (Phi) is 7.16. The average Bonchev–Trinajstić information content (AvgIpc) is 2.31. The van der Waals surface area contributed by atoms with Crippen LogP contribution in [-0.4, -0.2) is 44.4 Å². The summed E-state index contributed by atoms with van der Waals surface area (Å²) < 4.78 is 9.98. The Hall–Kier alpha value is -1.46. The Morgan fingerprint density at radius 2 is 1.78 bits per heavy atom. The highest BCUT2D eigenvalue weighted by molar-refractivity contribution is 5.66. The molecule has 0 fully saturated rings. The number of hydrogen-bond acceptors (Lipinski definition) is 4. The van der Waals surface area contributed by atoms with E-state index in [-0.39, 0.29) is 13.2 Å². The number of hydrogen-bond donors (Lipinski definition) is 1. The maximum Gasteiger partial charge on any atom is 0.409 e. The first-order valence-electron chi connectivity index (χ1n) is 6.07. The van der Waals surface area contributed by atoms with Crippen molar-refractivity contribution in [1.82, 2.24) is 4.90 Å². The van der Waals surface area contributed by atoms with Crippen LogP contribution in [-0.2, 0) is 9.47 Å². The number of primary amides is 1. The smallest absolute Gasteiger partial charge is 0.409 e. The molecule has 0 aliphatic heterocycles. The lowest BCUT2D eigenvalue weighted by Gasteiger charge is -2.28. The zero-order chi connectivity index (χ0) is 14.2. The van der Waals surface area contributed by atoms with Gasteiger partial charge in [-0.2, -0.15) is 0 Å². The van der Waals surface area contributed by atoms with Gasteiger partial charge in [0.05, 0.1) is 0 Å². The van der Waals surface area contributed by atoms with Gasteiger partial charge in [0.2, 0.25) is 0 Å². The molecular formula is C12H24N2O4. The van der Waals surface area contributed by atoms with Gasteiger partial charge in [-0.25, -0.2) is 9.59 Å². The largest absolute Gasteiger partial charge is 0.449 e. The van der Waals surface area contributed by atoms with Crippen molar-refractivity contribution in [1.29, 1.82) is 0 Å². The molecule has 18 heavy (non-hydrogen) atoms. The van der Waals surface area contributed by atoms with E-state index in [0.29, 0.717) is 0 Å². The first kappa shape index (κ1) is 16.5. The lowest BCUT2D eigenvalue weighted by molar-refractivity contribution is 0.0248. The molecule has 6 nitrogen and oxygen atoms in total. The highest BCUT2D eigenvalue weighted by atomic mass is 16.6. The van der Waals surface area contributed by atoms with Gasteiger partial charge >= 0.3 is 12.2 Å². The van der Waals surface area contributed by atoms with Gasteiger partial charge < -0.3 is 20.1 Å². The fourth-order valence-electron chi connectivity index (χ4n) is 1.40. The van der Waals surface area contributed by atoms with E-state index in [4.69, 9.17) is 15.2 Å². The highest BCUT2D eigenvalue weighted by Crippen LogP contribution is 2.25. The summed E-state index contributed by atoms with van der Waals surface area (Å²) in [6, 6.07) is 0. The summed E-state index contributed by atoms with van der Waals surface area (Å²) in [6.45, 7) is 4.34. The second-order valence-electron chi connectivity index (χ2n) is 4.97. The number of rotatable bonds is 7. The average molecular weight is 260 g/mol. The summed E-state index contributed by atoms with van der Waals surface area (Å²) in [5.74, 6) is 0. The Morgan fingerprint density at radius 3 is 2.22 bits per heavy atom. The van der Waals surface area contributed by atoms with Crippen LogP contribution in [0.15, 0.2) is 0 Å². The predicted octanol–water partition coefficient (Wildman–Crippen LogP) is 1.98. The second-order valence-corrected chi connectivity index (χ2v) is 4.97. The second kappa shape index (κ2) is 7.79. The quantitative estimate of drug-likeness (QED) is 0.758. The van der Waals surface area contributed by atoms with Crippen molar-refractivity contribution >= 4 is 12.2 Å². The van der Waals surface area contributed by atoms with Crippen molar-refractivity contribution in [3.8, 4) is 0 Å². The van der Waals surface area contributed by atoms with Gasteiger partial charge in [-0.05, 0) is 6.42 Å². The van der Waals surface area contributed by atoms with Crippen molar-refractivity contribution in [3.63, 3.8) is 0 Å². The van der Waals surface area contributed by atoms with Crippen LogP contribution in [0.4, 0.5) is 9.59 Å². The summed E-state index contributed by atoms with van der Waals surface area (Å²) in [7, 11) is 3.23. The van der Waals surface area contributed by atoms with Gasteiger partial charge in [-0.15, -0.1) is 0 Å². The van der Waals surface area contributed by atoms with Crippen LogP contribution in [0.1, 0.15) is 33.1 Å². The molecule has 0 aliphatic rings. The number of ether oxygens (including phenoxy) is 2. The lowest BCUT2D eigenvalue weighted by atomic mass is 9.87. The van der Waals surface area contributed by atoms with Gasteiger partial charge in [-0.3, -0.25) is 0 Å². The molecule has 2 N–H and O–H groups in total. The minimum atomic E-state index is -0.809. The van der Waals surface area contributed by atoms with E-state index in [1.54, 1.807) is 14.1 Å². The van der Waals surface area contributed by atoms with Gasteiger partial charge in [0.15, 0.2) is 0 Å². The summed E-state index contributed by atoms with van der Waals surface area (Å²) in [6.07, 6.45) is 1.58. The molecular weight excluding hydrogens is 236 g/mol. The van der Waals surface area contributed by atoms with Gasteiger partial charge in [0.1, 0.15) is 13.2 Å². The van der Waals surface area contributed by atoms with Crippen LogP contribution in [0, 0.1) is 5.41 Å². The van der Waals surface area contributed by atoms with Crippen molar-refractivity contribution in [2.24, 2.45) is 11.1 Å². The SMILES string of the molecule is CCCCC(C)(COC(N)=O)COC(=O)N(C)C. The summed E-state index contributed by atoms with van der Waals surface area (Å²) >= 11 is 0. The van der Waals surface area contributed by atoms with Crippen LogP contribution < -0.4 is 5.73 Å². The number of amides is 2.